The van der Waals surface area contributed by atoms with E-state index in [1.165, 1.54) is 83.6 Å². The maximum Gasteiger partial charge on any atom is 0.0576 e. The van der Waals surface area contributed by atoms with E-state index in [-0.39, 0.29) is 0 Å². The van der Waals surface area contributed by atoms with Crippen LogP contribution in [0.4, 0.5) is 0 Å². The molecule has 4 N–H and O–H groups in total. The van der Waals surface area contributed by atoms with Crippen LogP contribution in [0.2, 0.25) is 0 Å². The van der Waals surface area contributed by atoms with Gasteiger partial charge >= 0.3 is 0 Å². The molecular weight excluding hydrogens is 258 g/mol. The molecule has 3 fully saturated rings. The van der Waals surface area contributed by atoms with Crippen LogP contribution in [0.1, 0.15) is 77.0 Å². The van der Waals surface area contributed by atoms with Crippen LogP contribution >= 0.6 is 0 Å². The van der Waals surface area contributed by atoms with E-state index in [0.717, 1.165) is 11.8 Å². The van der Waals surface area contributed by atoms with Gasteiger partial charge in [0.1, 0.15) is 0 Å². The standard InChI is InChI=1S/C18H35N3/c19-16-6-8-17(9-7-16)21-18-13-15(10-11-20-18)12-14-4-2-1-3-5-14/h14-18,20-21H,1-13,19H2. The van der Waals surface area contributed by atoms with Gasteiger partial charge in [-0.2, -0.15) is 0 Å². The average molecular weight is 293 g/mol. The van der Waals surface area contributed by atoms with Gasteiger partial charge in [0.2, 0.25) is 0 Å². The van der Waals surface area contributed by atoms with Gasteiger partial charge in [-0.3, -0.25) is 5.32 Å². The minimum Gasteiger partial charge on any atom is -0.328 e. The second-order valence-corrected chi connectivity index (χ2v) is 7.92. The molecule has 0 amide bonds. The number of nitrogens with two attached hydrogens (primary N) is 1. The SMILES string of the molecule is NC1CCC(NC2CC(CC3CCCCC3)CCN2)CC1. The lowest BCUT2D eigenvalue weighted by Crippen LogP contribution is -2.52. The summed E-state index contributed by atoms with van der Waals surface area (Å²) in [6, 6.07) is 1.16. The van der Waals surface area contributed by atoms with Crippen LogP contribution in [0.15, 0.2) is 0 Å². The van der Waals surface area contributed by atoms with E-state index >= 15 is 0 Å². The Bertz CT molecular complexity index is 293. The first kappa shape index (κ1) is 15.8. The van der Waals surface area contributed by atoms with Crippen LogP contribution < -0.4 is 16.4 Å². The van der Waals surface area contributed by atoms with Gasteiger partial charge in [0.05, 0.1) is 6.17 Å². The second-order valence-electron chi connectivity index (χ2n) is 7.92. The van der Waals surface area contributed by atoms with Gasteiger partial charge in [-0.1, -0.05) is 32.1 Å². The van der Waals surface area contributed by atoms with Crippen molar-refractivity contribution < 1.29 is 0 Å². The third-order valence-corrected chi connectivity index (χ3v) is 6.11. The third-order valence-electron chi connectivity index (χ3n) is 6.11. The van der Waals surface area contributed by atoms with Crippen molar-refractivity contribution in [2.24, 2.45) is 17.6 Å². The Hall–Kier alpha value is -0.120. The van der Waals surface area contributed by atoms with Gasteiger partial charge < -0.3 is 11.1 Å². The first-order chi connectivity index (χ1) is 10.3. The highest BCUT2D eigenvalue weighted by Gasteiger charge is 2.27. The summed E-state index contributed by atoms with van der Waals surface area (Å²) >= 11 is 0. The Kier molecular flexibility index (Phi) is 5.96. The van der Waals surface area contributed by atoms with E-state index in [1.807, 2.05) is 0 Å². The van der Waals surface area contributed by atoms with Crippen LogP contribution in [0.3, 0.4) is 0 Å². The zero-order valence-electron chi connectivity index (χ0n) is 13.7. The number of hydrogen-bond acceptors (Lipinski definition) is 3. The summed E-state index contributed by atoms with van der Waals surface area (Å²) in [5.41, 5.74) is 6.01. The predicted molar refractivity (Wildman–Crippen MR) is 89.1 cm³/mol. The summed E-state index contributed by atoms with van der Waals surface area (Å²) < 4.78 is 0. The van der Waals surface area contributed by atoms with Crippen LogP contribution in [0, 0.1) is 11.8 Å². The van der Waals surface area contributed by atoms with E-state index in [4.69, 9.17) is 5.73 Å². The lowest BCUT2D eigenvalue weighted by molar-refractivity contribution is 0.189. The molecule has 21 heavy (non-hydrogen) atoms. The maximum absolute atomic E-state index is 6.01. The Morgan fingerprint density at radius 2 is 1.62 bits per heavy atom. The van der Waals surface area contributed by atoms with Crippen LogP contribution in [-0.4, -0.2) is 24.8 Å². The van der Waals surface area contributed by atoms with E-state index in [9.17, 15) is 0 Å². The third kappa shape index (κ3) is 4.94. The smallest absolute Gasteiger partial charge is 0.0576 e. The van der Waals surface area contributed by atoms with Gasteiger partial charge in [0.15, 0.2) is 0 Å². The van der Waals surface area contributed by atoms with Gasteiger partial charge in [-0.05, 0) is 63.3 Å². The first-order valence-corrected chi connectivity index (χ1v) is 9.54. The molecule has 0 radical (unpaired) electrons. The predicted octanol–water partition coefficient (Wildman–Crippen LogP) is 3.14. The summed E-state index contributed by atoms with van der Waals surface area (Å²) in [6.07, 6.45) is 17.2. The molecule has 1 aliphatic heterocycles. The molecule has 122 valence electrons. The number of hydrogen-bond donors (Lipinski definition) is 3. The minimum atomic E-state index is 0.460. The van der Waals surface area contributed by atoms with Gasteiger partial charge in [-0.25, -0.2) is 0 Å². The van der Waals surface area contributed by atoms with Gasteiger partial charge in [0.25, 0.3) is 0 Å². The Balaban J connectivity index is 1.40. The zero-order chi connectivity index (χ0) is 14.5. The number of nitrogens with one attached hydrogen (secondary N) is 2. The van der Waals surface area contributed by atoms with E-state index in [1.54, 1.807) is 0 Å². The molecule has 0 aromatic rings. The Morgan fingerprint density at radius 3 is 2.38 bits per heavy atom. The summed E-state index contributed by atoms with van der Waals surface area (Å²) in [5, 5.41) is 7.58. The van der Waals surface area contributed by atoms with Crippen molar-refractivity contribution >= 4 is 0 Å². The monoisotopic (exact) mass is 293 g/mol. The largest absolute Gasteiger partial charge is 0.328 e. The number of rotatable bonds is 4. The fourth-order valence-electron chi connectivity index (χ4n) is 4.80. The molecule has 2 atom stereocenters. The molecule has 0 aromatic carbocycles. The van der Waals surface area contributed by atoms with Crippen molar-refractivity contribution in [2.75, 3.05) is 6.54 Å². The first-order valence-electron chi connectivity index (χ1n) is 9.54. The molecule has 3 nitrogen and oxygen atoms in total. The highest BCUT2D eigenvalue weighted by Crippen LogP contribution is 2.32. The minimum absolute atomic E-state index is 0.460. The maximum atomic E-state index is 6.01. The van der Waals surface area contributed by atoms with E-state index < -0.39 is 0 Å². The van der Waals surface area contributed by atoms with E-state index in [0.29, 0.717) is 18.2 Å². The normalized spacial score (nSPS) is 39.3. The molecule has 2 saturated carbocycles. The van der Waals surface area contributed by atoms with Crippen molar-refractivity contribution in [3.8, 4) is 0 Å². The van der Waals surface area contributed by atoms with Crippen molar-refractivity contribution in [3.05, 3.63) is 0 Å². The molecule has 1 heterocycles. The molecule has 3 aliphatic rings. The van der Waals surface area contributed by atoms with Crippen molar-refractivity contribution in [3.63, 3.8) is 0 Å². The zero-order valence-corrected chi connectivity index (χ0v) is 13.7. The number of piperidine rings is 1. The van der Waals surface area contributed by atoms with Crippen molar-refractivity contribution in [1.29, 1.82) is 0 Å². The Morgan fingerprint density at radius 1 is 0.857 bits per heavy atom. The average Bonchev–Trinajstić information content (AvgIpc) is 2.51. The summed E-state index contributed by atoms with van der Waals surface area (Å²) in [6.45, 7) is 1.21. The second kappa shape index (κ2) is 7.94. The summed E-state index contributed by atoms with van der Waals surface area (Å²) in [4.78, 5) is 0. The summed E-state index contributed by atoms with van der Waals surface area (Å²) in [7, 11) is 0. The van der Waals surface area contributed by atoms with Crippen LogP contribution in [-0.2, 0) is 0 Å². The molecule has 1 saturated heterocycles. The molecule has 2 unspecified atom stereocenters. The van der Waals surface area contributed by atoms with Gasteiger partial charge in [0, 0.05) is 12.1 Å². The molecule has 3 rings (SSSR count). The quantitative estimate of drug-likeness (QED) is 0.746. The lowest BCUT2D eigenvalue weighted by Gasteiger charge is -2.37. The highest BCUT2D eigenvalue weighted by molar-refractivity contribution is 4.85. The van der Waals surface area contributed by atoms with Gasteiger partial charge in [-0.15, -0.1) is 0 Å². The van der Waals surface area contributed by atoms with Crippen LogP contribution in [0.25, 0.3) is 0 Å². The lowest BCUT2D eigenvalue weighted by atomic mass is 9.79. The van der Waals surface area contributed by atoms with Crippen molar-refractivity contribution in [2.45, 2.75) is 95.3 Å². The highest BCUT2D eigenvalue weighted by atomic mass is 15.1. The van der Waals surface area contributed by atoms with E-state index in [2.05, 4.69) is 10.6 Å². The molecule has 2 aliphatic carbocycles. The molecule has 0 bridgehead atoms. The fraction of sp³-hybridized carbons (Fsp3) is 1.00. The topological polar surface area (TPSA) is 50.1 Å². The fourth-order valence-corrected chi connectivity index (χ4v) is 4.80. The van der Waals surface area contributed by atoms with Crippen LogP contribution in [0.5, 0.6) is 0 Å². The Labute approximate surface area is 130 Å². The molecular formula is C18H35N3. The molecule has 0 aromatic heterocycles. The molecule has 0 spiro atoms. The molecule has 3 heteroatoms. The van der Waals surface area contributed by atoms with Crippen molar-refractivity contribution in [1.82, 2.24) is 10.6 Å². The summed E-state index contributed by atoms with van der Waals surface area (Å²) in [5.74, 6) is 1.99.